The minimum atomic E-state index is -0.396. The summed E-state index contributed by atoms with van der Waals surface area (Å²) in [6, 6.07) is 0. The summed E-state index contributed by atoms with van der Waals surface area (Å²) in [7, 11) is 0. The molecule has 0 N–H and O–H groups in total. The van der Waals surface area contributed by atoms with Crippen LogP contribution in [-0.2, 0) is 16.7 Å². The zero-order valence-corrected chi connectivity index (χ0v) is 10.6. The van der Waals surface area contributed by atoms with Crippen molar-refractivity contribution in [3.63, 3.8) is 0 Å². The lowest BCUT2D eigenvalue weighted by molar-refractivity contribution is 0.0516. The second kappa shape index (κ2) is 4.63. The van der Waals surface area contributed by atoms with Gasteiger partial charge in [-0.1, -0.05) is 26.0 Å². The number of aromatic nitrogens is 3. The second-order valence-electron chi connectivity index (χ2n) is 4.57. The van der Waals surface area contributed by atoms with Crippen molar-refractivity contribution in [2.75, 3.05) is 6.61 Å². The fraction of sp³-hybridized carbons (Fsp3) is 0.727. The fourth-order valence-electron chi connectivity index (χ4n) is 1.61. The highest BCUT2D eigenvalue weighted by Gasteiger charge is 2.29. The summed E-state index contributed by atoms with van der Waals surface area (Å²) in [6.45, 7) is 10.9. The lowest BCUT2D eigenvalue weighted by atomic mass is 9.90. The summed E-state index contributed by atoms with van der Waals surface area (Å²) in [5, 5.41) is 7.88. The van der Waals surface area contributed by atoms with E-state index in [1.54, 1.807) is 11.6 Å². The van der Waals surface area contributed by atoms with Crippen LogP contribution in [0.3, 0.4) is 0 Å². The summed E-state index contributed by atoms with van der Waals surface area (Å²) >= 11 is 0. The van der Waals surface area contributed by atoms with E-state index in [0.29, 0.717) is 18.8 Å². The number of hydrogen-bond acceptors (Lipinski definition) is 4. The zero-order valence-electron chi connectivity index (χ0n) is 10.6. The molecule has 0 spiro atoms. The Morgan fingerprint density at radius 3 is 2.44 bits per heavy atom. The van der Waals surface area contributed by atoms with Crippen molar-refractivity contribution in [1.82, 2.24) is 15.0 Å². The highest BCUT2D eigenvalue weighted by Crippen LogP contribution is 2.24. The van der Waals surface area contributed by atoms with Gasteiger partial charge in [-0.15, -0.1) is 5.10 Å². The number of carbonyl (C=O) groups is 1. The Hall–Kier alpha value is -1.39. The quantitative estimate of drug-likeness (QED) is 0.736. The lowest BCUT2D eigenvalue weighted by Crippen LogP contribution is -2.22. The van der Waals surface area contributed by atoms with E-state index in [0.717, 1.165) is 5.69 Å². The minimum absolute atomic E-state index is 0.179. The van der Waals surface area contributed by atoms with Crippen molar-refractivity contribution in [2.24, 2.45) is 0 Å². The van der Waals surface area contributed by atoms with Gasteiger partial charge in [0.2, 0.25) is 0 Å². The molecule has 1 rings (SSSR count). The van der Waals surface area contributed by atoms with Gasteiger partial charge in [0.1, 0.15) is 0 Å². The van der Waals surface area contributed by atoms with Gasteiger partial charge in [0.25, 0.3) is 0 Å². The number of rotatable bonds is 3. The van der Waals surface area contributed by atoms with E-state index >= 15 is 0 Å². The number of carbonyl (C=O) groups excluding carboxylic acids is 1. The van der Waals surface area contributed by atoms with Gasteiger partial charge < -0.3 is 4.74 Å². The van der Waals surface area contributed by atoms with Crippen LogP contribution in [0, 0.1) is 0 Å². The van der Waals surface area contributed by atoms with Crippen LogP contribution in [-0.4, -0.2) is 27.6 Å². The summed E-state index contributed by atoms with van der Waals surface area (Å²) < 4.78 is 6.71. The molecule has 0 aromatic carbocycles. The van der Waals surface area contributed by atoms with Gasteiger partial charge in [0.15, 0.2) is 5.69 Å². The van der Waals surface area contributed by atoms with Gasteiger partial charge in [0, 0.05) is 12.0 Å². The number of ether oxygens (including phenoxy) is 1. The summed E-state index contributed by atoms with van der Waals surface area (Å²) in [4.78, 5) is 11.7. The molecule has 90 valence electrons. The smallest absolute Gasteiger partial charge is 0.360 e. The van der Waals surface area contributed by atoms with Crippen LogP contribution in [0.15, 0.2) is 0 Å². The highest BCUT2D eigenvalue weighted by atomic mass is 16.5. The predicted molar refractivity (Wildman–Crippen MR) is 60.4 cm³/mol. The molecular weight excluding hydrogens is 206 g/mol. The van der Waals surface area contributed by atoms with Crippen molar-refractivity contribution in [3.8, 4) is 0 Å². The normalized spacial score (nSPS) is 11.6. The predicted octanol–water partition coefficient (Wildman–Crippen LogP) is 1.77. The van der Waals surface area contributed by atoms with Gasteiger partial charge in [-0.2, -0.15) is 0 Å². The zero-order chi connectivity index (χ0) is 12.3. The van der Waals surface area contributed by atoms with Crippen LogP contribution < -0.4 is 0 Å². The Kier molecular flexibility index (Phi) is 3.67. The molecule has 1 heterocycles. The van der Waals surface area contributed by atoms with Crippen molar-refractivity contribution >= 4 is 5.97 Å². The summed E-state index contributed by atoms with van der Waals surface area (Å²) in [5.74, 6) is -0.396. The average molecular weight is 225 g/mol. The van der Waals surface area contributed by atoms with Crippen LogP contribution in [0.4, 0.5) is 0 Å². The standard InChI is InChI=1S/C11H19N3O2/c1-6-14-9(11(3,4)5)8(12-13-14)10(15)16-7-2/h6-7H2,1-5H3. The third-order valence-corrected chi connectivity index (χ3v) is 2.21. The Labute approximate surface area is 95.8 Å². The molecule has 0 unspecified atom stereocenters. The molecule has 0 saturated heterocycles. The van der Waals surface area contributed by atoms with E-state index in [2.05, 4.69) is 10.3 Å². The first-order valence-electron chi connectivity index (χ1n) is 5.52. The fourth-order valence-corrected chi connectivity index (χ4v) is 1.61. The molecule has 0 saturated carbocycles. The molecule has 0 fully saturated rings. The van der Waals surface area contributed by atoms with Crippen molar-refractivity contribution in [2.45, 2.75) is 46.6 Å². The Morgan fingerprint density at radius 2 is 2.00 bits per heavy atom. The third-order valence-electron chi connectivity index (χ3n) is 2.21. The molecule has 0 aliphatic carbocycles. The molecule has 0 radical (unpaired) electrons. The molecule has 1 aromatic rings. The van der Waals surface area contributed by atoms with Crippen LogP contribution in [0.25, 0.3) is 0 Å². The number of nitrogens with zero attached hydrogens (tertiary/aromatic N) is 3. The molecule has 0 amide bonds. The maximum absolute atomic E-state index is 11.7. The van der Waals surface area contributed by atoms with E-state index in [1.165, 1.54) is 0 Å². The van der Waals surface area contributed by atoms with E-state index in [1.807, 2.05) is 27.7 Å². The summed E-state index contributed by atoms with van der Waals surface area (Å²) in [5.41, 5.74) is 0.978. The number of hydrogen-bond donors (Lipinski definition) is 0. The van der Waals surface area contributed by atoms with E-state index in [9.17, 15) is 4.79 Å². The summed E-state index contributed by atoms with van der Waals surface area (Å²) in [6.07, 6.45) is 0. The molecule has 0 bridgehead atoms. The SMILES string of the molecule is CCOC(=O)c1nnn(CC)c1C(C)(C)C. The first kappa shape index (κ1) is 12.7. The van der Waals surface area contributed by atoms with E-state index < -0.39 is 5.97 Å². The largest absolute Gasteiger partial charge is 0.461 e. The van der Waals surface area contributed by atoms with Gasteiger partial charge in [0.05, 0.1) is 12.3 Å². The number of aryl methyl sites for hydroxylation is 1. The van der Waals surface area contributed by atoms with Gasteiger partial charge in [-0.05, 0) is 13.8 Å². The van der Waals surface area contributed by atoms with Crippen molar-refractivity contribution in [1.29, 1.82) is 0 Å². The molecule has 5 nitrogen and oxygen atoms in total. The molecule has 0 aliphatic rings. The third kappa shape index (κ3) is 2.40. The molecule has 16 heavy (non-hydrogen) atoms. The Balaban J connectivity index is 3.20. The van der Waals surface area contributed by atoms with Gasteiger partial charge >= 0.3 is 5.97 Å². The molecule has 1 aromatic heterocycles. The van der Waals surface area contributed by atoms with Crippen LogP contribution in [0.2, 0.25) is 0 Å². The lowest BCUT2D eigenvalue weighted by Gasteiger charge is -2.20. The Bertz CT molecular complexity index is 377. The van der Waals surface area contributed by atoms with Crippen LogP contribution in [0.1, 0.15) is 50.8 Å². The van der Waals surface area contributed by atoms with Crippen LogP contribution in [0.5, 0.6) is 0 Å². The maximum atomic E-state index is 11.7. The monoisotopic (exact) mass is 225 g/mol. The molecule has 5 heteroatoms. The van der Waals surface area contributed by atoms with Crippen molar-refractivity contribution in [3.05, 3.63) is 11.4 Å². The first-order valence-corrected chi connectivity index (χ1v) is 5.52. The maximum Gasteiger partial charge on any atom is 0.360 e. The minimum Gasteiger partial charge on any atom is -0.461 e. The molecular formula is C11H19N3O2. The Morgan fingerprint density at radius 1 is 1.38 bits per heavy atom. The van der Waals surface area contributed by atoms with E-state index in [4.69, 9.17) is 4.74 Å². The van der Waals surface area contributed by atoms with Crippen molar-refractivity contribution < 1.29 is 9.53 Å². The van der Waals surface area contributed by atoms with Gasteiger partial charge in [-0.3, -0.25) is 0 Å². The van der Waals surface area contributed by atoms with Crippen LogP contribution >= 0.6 is 0 Å². The topological polar surface area (TPSA) is 57.0 Å². The first-order chi connectivity index (χ1) is 7.41. The van der Waals surface area contributed by atoms with Gasteiger partial charge in [-0.25, -0.2) is 9.48 Å². The number of esters is 1. The highest BCUT2D eigenvalue weighted by molar-refractivity contribution is 5.88. The van der Waals surface area contributed by atoms with E-state index in [-0.39, 0.29) is 5.41 Å². The second-order valence-corrected chi connectivity index (χ2v) is 4.57. The average Bonchev–Trinajstić information content (AvgIpc) is 2.60. The molecule has 0 atom stereocenters. The molecule has 0 aliphatic heterocycles.